The highest BCUT2D eigenvalue weighted by atomic mass is 16.3. The van der Waals surface area contributed by atoms with Crippen LogP contribution >= 0.6 is 0 Å². The van der Waals surface area contributed by atoms with Gasteiger partial charge in [-0.15, -0.1) is 0 Å². The fourth-order valence-corrected chi connectivity index (χ4v) is 1.39. The molecule has 1 amide bonds. The van der Waals surface area contributed by atoms with E-state index in [9.17, 15) is 15.0 Å². The van der Waals surface area contributed by atoms with Crippen LogP contribution in [0.5, 0.6) is 0 Å². The molecule has 1 aromatic rings. The first-order valence-corrected chi connectivity index (χ1v) is 4.68. The van der Waals surface area contributed by atoms with Gasteiger partial charge in [0.05, 0.1) is 12.5 Å². The summed E-state index contributed by atoms with van der Waals surface area (Å²) in [4.78, 5) is 10.7. The summed E-state index contributed by atoms with van der Waals surface area (Å²) in [6.07, 6.45) is -2.97. The van der Waals surface area contributed by atoms with E-state index in [1.807, 2.05) is 6.07 Å². The summed E-state index contributed by atoms with van der Waals surface area (Å²) in [7, 11) is 0. The molecule has 1 rings (SSSR count). The summed E-state index contributed by atoms with van der Waals surface area (Å²) in [5, 5.41) is 27.6. The van der Waals surface area contributed by atoms with Crippen LogP contribution in [0, 0.1) is 11.3 Å². The van der Waals surface area contributed by atoms with Crippen LogP contribution in [-0.2, 0) is 11.2 Å². The number of benzene rings is 1. The minimum absolute atomic E-state index is 0.0959. The number of hydrogen-bond donors (Lipinski definition) is 3. The molecule has 0 aliphatic carbocycles. The van der Waals surface area contributed by atoms with Crippen molar-refractivity contribution >= 4 is 5.91 Å². The molecule has 1 aromatic carbocycles. The molecule has 84 valence electrons. The van der Waals surface area contributed by atoms with Gasteiger partial charge >= 0.3 is 0 Å². The number of hydrogen-bond acceptors (Lipinski definition) is 4. The minimum atomic E-state index is -1.67. The van der Waals surface area contributed by atoms with Gasteiger partial charge in [0.25, 0.3) is 0 Å². The normalized spacial score (nSPS) is 13.8. The third-order valence-electron chi connectivity index (χ3n) is 2.23. The number of primary amides is 1. The zero-order chi connectivity index (χ0) is 12.1. The molecular formula is C11H12N2O3. The Balaban J connectivity index is 3.03. The third kappa shape index (κ3) is 2.57. The topological polar surface area (TPSA) is 107 Å². The maximum absolute atomic E-state index is 10.7. The summed E-state index contributed by atoms with van der Waals surface area (Å²) in [6.45, 7) is 0. The number of nitriles is 1. The van der Waals surface area contributed by atoms with E-state index in [0.717, 1.165) is 0 Å². The summed E-state index contributed by atoms with van der Waals surface area (Å²) in [5.74, 6) is -1.00. The lowest BCUT2D eigenvalue weighted by Gasteiger charge is -2.17. The van der Waals surface area contributed by atoms with E-state index in [1.165, 1.54) is 0 Å². The Kier molecular flexibility index (Phi) is 4.00. The van der Waals surface area contributed by atoms with Gasteiger partial charge < -0.3 is 15.9 Å². The Morgan fingerprint density at radius 1 is 1.44 bits per heavy atom. The zero-order valence-electron chi connectivity index (χ0n) is 8.50. The van der Waals surface area contributed by atoms with Crippen molar-refractivity contribution in [2.45, 2.75) is 18.6 Å². The average molecular weight is 220 g/mol. The number of aliphatic hydroxyl groups is 2. The Morgan fingerprint density at radius 3 is 2.62 bits per heavy atom. The van der Waals surface area contributed by atoms with Gasteiger partial charge in [0.15, 0.2) is 6.10 Å². The Morgan fingerprint density at radius 2 is 2.06 bits per heavy atom. The molecule has 2 unspecified atom stereocenters. The molecule has 0 fully saturated rings. The molecule has 0 heterocycles. The number of carbonyl (C=O) groups is 1. The van der Waals surface area contributed by atoms with Crippen molar-refractivity contribution in [1.29, 1.82) is 5.26 Å². The largest absolute Gasteiger partial charge is 0.385 e. The molecule has 4 N–H and O–H groups in total. The lowest BCUT2D eigenvalue weighted by atomic mass is 9.97. The Bertz CT molecular complexity index is 425. The quantitative estimate of drug-likeness (QED) is 0.643. The highest BCUT2D eigenvalue weighted by Crippen LogP contribution is 2.21. The molecule has 0 bridgehead atoms. The van der Waals surface area contributed by atoms with Crippen molar-refractivity contribution in [2.24, 2.45) is 5.73 Å². The average Bonchev–Trinajstić information content (AvgIpc) is 2.28. The second-order valence-electron chi connectivity index (χ2n) is 3.33. The third-order valence-corrected chi connectivity index (χ3v) is 2.23. The highest BCUT2D eigenvalue weighted by molar-refractivity contribution is 5.79. The van der Waals surface area contributed by atoms with E-state index in [-0.39, 0.29) is 6.42 Å². The second kappa shape index (κ2) is 5.26. The predicted molar refractivity (Wildman–Crippen MR) is 55.9 cm³/mol. The summed E-state index contributed by atoms with van der Waals surface area (Å²) >= 11 is 0. The molecule has 0 saturated heterocycles. The number of nitrogens with two attached hydrogens (primary N) is 1. The first-order chi connectivity index (χ1) is 7.57. The number of nitrogens with zero attached hydrogens (tertiary/aromatic N) is 1. The number of aliphatic hydroxyl groups excluding tert-OH is 2. The highest BCUT2D eigenvalue weighted by Gasteiger charge is 2.24. The summed E-state index contributed by atoms with van der Waals surface area (Å²) in [6, 6.07) is 8.49. The van der Waals surface area contributed by atoms with Crippen LogP contribution in [0.15, 0.2) is 24.3 Å². The summed E-state index contributed by atoms with van der Waals surface area (Å²) < 4.78 is 0. The molecule has 0 aromatic heterocycles. The van der Waals surface area contributed by atoms with E-state index in [0.29, 0.717) is 11.1 Å². The molecule has 0 spiro atoms. The maximum Gasteiger partial charge on any atom is 0.249 e. The van der Waals surface area contributed by atoms with Crippen LogP contribution in [-0.4, -0.2) is 22.2 Å². The summed E-state index contributed by atoms with van der Waals surface area (Å²) in [5.41, 5.74) is 5.79. The van der Waals surface area contributed by atoms with Gasteiger partial charge in [-0.1, -0.05) is 24.3 Å². The molecule has 16 heavy (non-hydrogen) atoms. The SMILES string of the molecule is N#CCc1ccccc1C(O)C(O)C(N)=O. The van der Waals surface area contributed by atoms with E-state index < -0.39 is 18.1 Å². The monoisotopic (exact) mass is 220 g/mol. The van der Waals surface area contributed by atoms with Crippen LogP contribution in [0.2, 0.25) is 0 Å². The van der Waals surface area contributed by atoms with Gasteiger partial charge in [-0.2, -0.15) is 5.26 Å². The van der Waals surface area contributed by atoms with Gasteiger partial charge in [-0.25, -0.2) is 0 Å². The van der Waals surface area contributed by atoms with E-state index >= 15 is 0 Å². The standard InChI is InChI=1S/C11H12N2O3/c12-6-5-7-3-1-2-4-8(7)9(14)10(15)11(13)16/h1-4,9-10,14-15H,5H2,(H2,13,16). The minimum Gasteiger partial charge on any atom is -0.385 e. The van der Waals surface area contributed by atoms with Crippen molar-refractivity contribution in [2.75, 3.05) is 0 Å². The molecule has 0 aliphatic rings. The van der Waals surface area contributed by atoms with Crippen LogP contribution < -0.4 is 5.73 Å². The number of rotatable bonds is 4. The van der Waals surface area contributed by atoms with Gasteiger partial charge in [0.2, 0.25) is 5.91 Å². The smallest absolute Gasteiger partial charge is 0.249 e. The second-order valence-corrected chi connectivity index (χ2v) is 3.33. The first kappa shape index (κ1) is 12.2. The lowest BCUT2D eigenvalue weighted by molar-refractivity contribution is -0.132. The molecule has 0 saturated carbocycles. The van der Waals surface area contributed by atoms with Crippen LogP contribution in [0.4, 0.5) is 0 Å². The van der Waals surface area contributed by atoms with E-state index in [1.54, 1.807) is 24.3 Å². The molecule has 0 radical (unpaired) electrons. The Hall–Kier alpha value is -1.90. The van der Waals surface area contributed by atoms with Crippen LogP contribution in [0.1, 0.15) is 17.2 Å². The number of carbonyl (C=O) groups excluding carboxylic acids is 1. The molecule has 5 heteroatoms. The van der Waals surface area contributed by atoms with Crippen molar-refractivity contribution in [3.05, 3.63) is 35.4 Å². The lowest BCUT2D eigenvalue weighted by Crippen LogP contribution is -2.34. The number of amides is 1. The maximum atomic E-state index is 10.7. The molecule has 2 atom stereocenters. The van der Waals surface area contributed by atoms with Crippen molar-refractivity contribution in [3.63, 3.8) is 0 Å². The van der Waals surface area contributed by atoms with Crippen molar-refractivity contribution in [1.82, 2.24) is 0 Å². The first-order valence-electron chi connectivity index (χ1n) is 4.68. The van der Waals surface area contributed by atoms with Crippen molar-refractivity contribution < 1.29 is 15.0 Å². The fourth-order valence-electron chi connectivity index (χ4n) is 1.39. The zero-order valence-corrected chi connectivity index (χ0v) is 8.50. The van der Waals surface area contributed by atoms with E-state index in [4.69, 9.17) is 11.0 Å². The van der Waals surface area contributed by atoms with E-state index in [2.05, 4.69) is 0 Å². The van der Waals surface area contributed by atoms with Crippen LogP contribution in [0.25, 0.3) is 0 Å². The van der Waals surface area contributed by atoms with Crippen molar-refractivity contribution in [3.8, 4) is 6.07 Å². The van der Waals surface area contributed by atoms with Gasteiger partial charge in [0, 0.05) is 0 Å². The molecule has 5 nitrogen and oxygen atoms in total. The fraction of sp³-hybridized carbons (Fsp3) is 0.273. The molecule has 0 aliphatic heterocycles. The van der Waals surface area contributed by atoms with Crippen LogP contribution in [0.3, 0.4) is 0 Å². The van der Waals surface area contributed by atoms with Gasteiger partial charge in [-0.3, -0.25) is 4.79 Å². The Labute approximate surface area is 92.7 Å². The van der Waals surface area contributed by atoms with Gasteiger partial charge in [-0.05, 0) is 11.1 Å². The predicted octanol–water partition coefficient (Wildman–Crippen LogP) is -0.368. The molecular weight excluding hydrogens is 208 g/mol. The van der Waals surface area contributed by atoms with Gasteiger partial charge in [0.1, 0.15) is 6.10 Å².